The summed E-state index contributed by atoms with van der Waals surface area (Å²) in [5.41, 5.74) is 4.23. The number of carbonyl (C=O) groups excluding carboxylic acids is 1. The molecule has 0 saturated carbocycles. The van der Waals surface area contributed by atoms with Crippen LogP contribution in [0.25, 0.3) is 11.1 Å². The topological polar surface area (TPSA) is 80.2 Å². The molecule has 8 heteroatoms. The number of hydroxylamine groups is 1. The van der Waals surface area contributed by atoms with Crippen molar-refractivity contribution in [3.63, 3.8) is 0 Å². The first-order valence-corrected chi connectivity index (χ1v) is 8.74. The Morgan fingerprint density at radius 2 is 2.00 bits per heavy atom. The minimum absolute atomic E-state index is 0.0853. The highest BCUT2D eigenvalue weighted by molar-refractivity contribution is 6.41. The highest BCUT2D eigenvalue weighted by atomic mass is 35.5. The lowest BCUT2D eigenvalue weighted by molar-refractivity contribution is -0.132. The Labute approximate surface area is 166 Å². The lowest BCUT2D eigenvalue weighted by Gasteiger charge is -2.21. The predicted octanol–water partition coefficient (Wildman–Crippen LogP) is 4.08. The molecular weight excluding hydrogens is 387 g/mol. The zero-order valence-corrected chi connectivity index (χ0v) is 16.0. The van der Waals surface area contributed by atoms with E-state index in [1.54, 1.807) is 30.3 Å². The molecule has 0 radical (unpaired) electrons. The van der Waals surface area contributed by atoms with Gasteiger partial charge in [-0.3, -0.25) is 15.7 Å². The Kier molecular flexibility index (Phi) is 5.96. The third-order valence-corrected chi connectivity index (χ3v) is 4.62. The first-order chi connectivity index (χ1) is 13.5. The molecular formula is C20H18ClFN2O4. The molecule has 1 unspecified atom stereocenters. The molecule has 0 aliphatic carbocycles. The van der Waals surface area contributed by atoms with Gasteiger partial charge in [0, 0.05) is 28.3 Å². The highest BCUT2D eigenvalue weighted by Gasteiger charge is 2.24. The van der Waals surface area contributed by atoms with E-state index >= 15 is 0 Å². The first kappa shape index (κ1) is 19.9. The number of ether oxygens (including phenoxy) is 2. The Hall–Kier alpha value is -2.90. The highest BCUT2D eigenvalue weighted by Crippen LogP contribution is 2.37. The summed E-state index contributed by atoms with van der Waals surface area (Å²) < 4.78 is 24.5. The SMILES string of the molecule is COC(=O)C1=NC(c2ccc(-c3ccc(Cl)cc3F)c(OC)c2)CC(NO)=C1. The molecule has 1 aliphatic heterocycles. The molecule has 1 heterocycles. The molecule has 3 rings (SSSR count). The summed E-state index contributed by atoms with van der Waals surface area (Å²) in [6, 6.07) is 9.19. The van der Waals surface area contributed by atoms with Crippen molar-refractivity contribution in [3.05, 3.63) is 64.6 Å². The van der Waals surface area contributed by atoms with Crippen LogP contribution in [0, 0.1) is 5.82 Å². The molecule has 2 aromatic rings. The number of hydrogen-bond donors (Lipinski definition) is 2. The Balaban J connectivity index is 2.01. The van der Waals surface area contributed by atoms with E-state index in [0.717, 1.165) is 5.56 Å². The van der Waals surface area contributed by atoms with Crippen molar-refractivity contribution in [2.75, 3.05) is 14.2 Å². The fourth-order valence-electron chi connectivity index (χ4n) is 3.02. The fraction of sp³-hybridized carbons (Fsp3) is 0.200. The summed E-state index contributed by atoms with van der Waals surface area (Å²) in [6.07, 6.45) is 1.77. The van der Waals surface area contributed by atoms with Gasteiger partial charge in [0.15, 0.2) is 0 Å². The number of rotatable bonds is 5. The van der Waals surface area contributed by atoms with Crippen LogP contribution >= 0.6 is 11.6 Å². The molecule has 1 atom stereocenters. The molecule has 0 saturated heterocycles. The minimum atomic E-state index is -0.607. The van der Waals surface area contributed by atoms with Crippen LogP contribution in [-0.4, -0.2) is 31.1 Å². The number of esters is 1. The third kappa shape index (κ3) is 4.00. The van der Waals surface area contributed by atoms with Crippen LogP contribution in [0.1, 0.15) is 18.0 Å². The second-order valence-corrected chi connectivity index (χ2v) is 6.53. The normalized spacial score (nSPS) is 16.1. The van der Waals surface area contributed by atoms with Gasteiger partial charge in [0.25, 0.3) is 0 Å². The summed E-state index contributed by atoms with van der Waals surface area (Å²) in [7, 11) is 2.74. The molecule has 2 aromatic carbocycles. The van der Waals surface area contributed by atoms with E-state index in [0.29, 0.717) is 34.0 Å². The minimum Gasteiger partial charge on any atom is -0.496 e. The quantitative estimate of drug-likeness (QED) is 0.580. The smallest absolute Gasteiger partial charge is 0.356 e. The van der Waals surface area contributed by atoms with Crippen molar-refractivity contribution in [1.82, 2.24) is 5.48 Å². The van der Waals surface area contributed by atoms with Crippen LogP contribution in [-0.2, 0) is 9.53 Å². The van der Waals surface area contributed by atoms with Gasteiger partial charge >= 0.3 is 5.97 Å². The molecule has 0 spiro atoms. The summed E-state index contributed by atoms with van der Waals surface area (Å²) in [6.45, 7) is 0. The van der Waals surface area contributed by atoms with Crippen molar-refractivity contribution in [3.8, 4) is 16.9 Å². The average Bonchev–Trinajstić information content (AvgIpc) is 2.72. The first-order valence-electron chi connectivity index (χ1n) is 8.37. The number of benzene rings is 2. The van der Waals surface area contributed by atoms with E-state index in [-0.39, 0.29) is 5.71 Å². The number of dihydropyridines is 1. The standard InChI is InChI=1S/C20H18ClFN2O4/c1-27-19-7-11(3-5-15(19)14-6-4-12(21)8-16(14)22)17-9-13(24-26)10-18(23-17)20(25)28-2/h3-8,10,17,24,26H,9H2,1-2H3. The summed E-state index contributed by atoms with van der Waals surface area (Å²) >= 11 is 5.83. The average molecular weight is 405 g/mol. The molecule has 1 aliphatic rings. The molecule has 0 amide bonds. The zero-order chi connectivity index (χ0) is 20.3. The van der Waals surface area contributed by atoms with Crippen molar-refractivity contribution in [2.24, 2.45) is 4.99 Å². The van der Waals surface area contributed by atoms with Crippen molar-refractivity contribution in [1.29, 1.82) is 0 Å². The summed E-state index contributed by atoms with van der Waals surface area (Å²) in [5, 5.41) is 9.58. The van der Waals surface area contributed by atoms with Crippen molar-refractivity contribution >= 4 is 23.3 Å². The number of hydrogen-bond acceptors (Lipinski definition) is 6. The third-order valence-electron chi connectivity index (χ3n) is 4.39. The Morgan fingerprint density at radius 3 is 2.64 bits per heavy atom. The molecule has 0 aromatic heterocycles. The van der Waals surface area contributed by atoms with E-state index in [1.165, 1.54) is 26.4 Å². The van der Waals surface area contributed by atoms with Gasteiger partial charge in [-0.1, -0.05) is 23.7 Å². The Bertz CT molecular complexity index is 975. The molecule has 2 N–H and O–H groups in total. The Morgan fingerprint density at radius 1 is 1.25 bits per heavy atom. The molecule has 0 bridgehead atoms. The molecule has 0 fully saturated rings. The van der Waals surface area contributed by atoms with E-state index in [2.05, 4.69) is 10.5 Å². The van der Waals surface area contributed by atoms with E-state index in [1.807, 2.05) is 0 Å². The van der Waals surface area contributed by atoms with Crippen LogP contribution in [0.4, 0.5) is 4.39 Å². The monoisotopic (exact) mass is 404 g/mol. The fourth-order valence-corrected chi connectivity index (χ4v) is 3.17. The van der Waals surface area contributed by atoms with Gasteiger partial charge < -0.3 is 9.47 Å². The van der Waals surface area contributed by atoms with Crippen LogP contribution in [0.15, 0.2) is 53.2 Å². The maximum absolute atomic E-state index is 14.3. The van der Waals surface area contributed by atoms with Gasteiger partial charge in [-0.15, -0.1) is 0 Å². The zero-order valence-electron chi connectivity index (χ0n) is 15.2. The maximum Gasteiger partial charge on any atom is 0.356 e. The number of aliphatic imine (C=N–C) groups is 1. The second kappa shape index (κ2) is 8.41. The van der Waals surface area contributed by atoms with Gasteiger partial charge in [0.1, 0.15) is 17.3 Å². The van der Waals surface area contributed by atoms with Crippen LogP contribution in [0.5, 0.6) is 5.75 Å². The number of nitrogens with one attached hydrogen (secondary N) is 1. The largest absolute Gasteiger partial charge is 0.496 e. The van der Waals surface area contributed by atoms with E-state index in [9.17, 15) is 14.4 Å². The lowest BCUT2D eigenvalue weighted by Crippen LogP contribution is -2.23. The van der Waals surface area contributed by atoms with Gasteiger partial charge in [-0.05, 0) is 35.9 Å². The number of methoxy groups -OCH3 is 2. The molecule has 6 nitrogen and oxygen atoms in total. The molecule has 146 valence electrons. The van der Waals surface area contributed by atoms with Crippen LogP contribution in [0.3, 0.4) is 0 Å². The van der Waals surface area contributed by atoms with E-state index in [4.69, 9.17) is 21.1 Å². The number of carbonyl (C=O) groups is 1. The summed E-state index contributed by atoms with van der Waals surface area (Å²) in [4.78, 5) is 16.2. The lowest BCUT2D eigenvalue weighted by atomic mass is 9.95. The van der Waals surface area contributed by atoms with Gasteiger partial charge in [-0.25, -0.2) is 9.18 Å². The van der Waals surface area contributed by atoms with Gasteiger partial charge in [-0.2, -0.15) is 0 Å². The van der Waals surface area contributed by atoms with E-state index < -0.39 is 17.8 Å². The van der Waals surface area contributed by atoms with Crippen molar-refractivity contribution < 1.29 is 23.9 Å². The van der Waals surface area contributed by atoms with Crippen LogP contribution < -0.4 is 10.2 Å². The number of nitrogens with zero attached hydrogens (tertiary/aromatic N) is 1. The second-order valence-electron chi connectivity index (χ2n) is 6.09. The van der Waals surface area contributed by atoms with Gasteiger partial charge in [0.2, 0.25) is 0 Å². The van der Waals surface area contributed by atoms with Crippen molar-refractivity contribution in [2.45, 2.75) is 12.5 Å². The predicted molar refractivity (Wildman–Crippen MR) is 103 cm³/mol. The summed E-state index contributed by atoms with van der Waals surface area (Å²) in [5.74, 6) is -0.622. The maximum atomic E-state index is 14.3. The molecule has 28 heavy (non-hydrogen) atoms. The number of halogens is 2. The van der Waals surface area contributed by atoms with Crippen LogP contribution in [0.2, 0.25) is 5.02 Å². The van der Waals surface area contributed by atoms with Gasteiger partial charge in [0.05, 0.1) is 20.3 Å².